The van der Waals surface area contributed by atoms with E-state index in [0.717, 1.165) is 12.8 Å². The van der Waals surface area contributed by atoms with Crippen molar-refractivity contribution in [3.05, 3.63) is 62.5 Å². The number of methoxy groups -OCH3 is 1. The first-order valence-corrected chi connectivity index (χ1v) is 12.5. The molecular weight excluding hydrogens is 495 g/mol. The molecule has 4 aliphatic heterocycles. The predicted octanol–water partition coefficient (Wildman–Crippen LogP) is 3.48. The Kier molecular flexibility index (Phi) is 5.67. The number of esters is 1. The van der Waals surface area contributed by atoms with Crippen molar-refractivity contribution < 1.29 is 18.7 Å². The van der Waals surface area contributed by atoms with Crippen molar-refractivity contribution in [3.8, 4) is 0 Å². The zero-order valence-electron chi connectivity index (χ0n) is 18.8. The molecule has 0 radical (unpaired) electrons. The van der Waals surface area contributed by atoms with Gasteiger partial charge in [-0.25, -0.2) is 14.2 Å². The highest BCUT2D eigenvalue weighted by atomic mass is 35.5. The van der Waals surface area contributed by atoms with E-state index in [2.05, 4.69) is 25.4 Å². The molecule has 1 spiro atoms. The molecule has 2 aromatic rings. The Labute approximate surface area is 209 Å². The van der Waals surface area contributed by atoms with Crippen LogP contribution in [0.1, 0.15) is 29.5 Å². The van der Waals surface area contributed by atoms with E-state index in [1.165, 1.54) is 30.6 Å². The smallest absolute Gasteiger partial charge is 0.338 e. The van der Waals surface area contributed by atoms with Gasteiger partial charge in [0.1, 0.15) is 11.9 Å². The summed E-state index contributed by atoms with van der Waals surface area (Å²) in [5.41, 5.74) is 1.23. The number of hydrogen-bond donors (Lipinski definition) is 1. The number of fused-ring (bicyclic) bond motifs is 2. The van der Waals surface area contributed by atoms with Gasteiger partial charge in [-0.15, -0.1) is 11.3 Å². The molecule has 12 heteroatoms. The fourth-order valence-corrected chi connectivity index (χ4v) is 6.02. The molecule has 3 atom stereocenters. The summed E-state index contributed by atoms with van der Waals surface area (Å²) in [6.07, 6.45) is 3.26. The monoisotopic (exact) mass is 516 g/mol. The number of ether oxygens (including phenoxy) is 2. The van der Waals surface area contributed by atoms with Crippen LogP contribution >= 0.6 is 22.9 Å². The molecule has 35 heavy (non-hydrogen) atoms. The Hall–Kier alpha value is -2.73. The summed E-state index contributed by atoms with van der Waals surface area (Å²) in [7, 11) is 1.33. The second kappa shape index (κ2) is 8.74. The number of hydrogen-bond acceptors (Lipinski definition) is 10. The first-order valence-electron chi connectivity index (χ1n) is 11.2. The molecule has 2 fully saturated rings. The topological polar surface area (TPSA) is 101 Å². The maximum atomic E-state index is 13.8. The average Bonchev–Trinajstić information content (AvgIpc) is 3.34. The number of aromatic nitrogens is 1. The summed E-state index contributed by atoms with van der Waals surface area (Å²) in [5, 5.41) is 14.7. The quantitative estimate of drug-likeness (QED) is 0.611. The number of benzene rings is 1. The number of amidine groups is 1. The van der Waals surface area contributed by atoms with Crippen LogP contribution in [-0.4, -0.2) is 66.3 Å². The zero-order valence-corrected chi connectivity index (χ0v) is 20.4. The maximum Gasteiger partial charge on any atom is 0.338 e. The van der Waals surface area contributed by atoms with Gasteiger partial charge in [-0.3, -0.25) is 9.89 Å². The molecule has 0 unspecified atom stereocenters. The van der Waals surface area contributed by atoms with Gasteiger partial charge >= 0.3 is 5.97 Å². The Morgan fingerprint density at radius 2 is 2.11 bits per heavy atom. The fourth-order valence-electron chi connectivity index (χ4n) is 5.16. The molecule has 4 aliphatic rings. The number of nitrogens with zero attached hydrogens (tertiary/aromatic N) is 5. The van der Waals surface area contributed by atoms with E-state index in [1.54, 1.807) is 12.3 Å². The summed E-state index contributed by atoms with van der Waals surface area (Å²) < 4.78 is 24.9. The van der Waals surface area contributed by atoms with Gasteiger partial charge < -0.3 is 14.8 Å². The van der Waals surface area contributed by atoms with Gasteiger partial charge in [-0.2, -0.15) is 10.2 Å². The van der Waals surface area contributed by atoms with Crippen molar-refractivity contribution >= 4 is 34.7 Å². The number of halogens is 2. The number of rotatable bonds is 5. The lowest BCUT2D eigenvalue weighted by Gasteiger charge is -2.48. The molecule has 1 aromatic carbocycles. The Morgan fingerprint density at radius 3 is 2.74 bits per heavy atom. The second-order valence-electron chi connectivity index (χ2n) is 9.00. The summed E-state index contributed by atoms with van der Waals surface area (Å²) >= 11 is 7.87. The van der Waals surface area contributed by atoms with Crippen molar-refractivity contribution in [1.82, 2.24) is 15.2 Å². The number of aliphatic imine (C=N–C) groups is 1. The predicted molar refractivity (Wildman–Crippen MR) is 127 cm³/mol. The molecule has 182 valence electrons. The summed E-state index contributed by atoms with van der Waals surface area (Å²) in [4.78, 5) is 24.7. The Balaban J connectivity index is 1.43. The van der Waals surface area contributed by atoms with Gasteiger partial charge in [0, 0.05) is 59.3 Å². The summed E-state index contributed by atoms with van der Waals surface area (Å²) in [6, 6.07) is 3.53. The minimum absolute atomic E-state index is 0.112. The Morgan fingerprint density at radius 1 is 1.34 bits per heavy atom. The van der Waals surface area contributed by atoms with E-state index >= 15 is 0 Å². The van der Waals surface area contributed by atoms with Crippen LogP contribution in [0.5, 0.6) is 0 Å². The molecule has 6 rings (SSSR count). The molecule has 0 aliphatic carbocycles. The molecule has 0 amide bonds. The van der Waals surface area contributed by atoms with Crippen LogP contribution in [0.25, 0.3) is 0 Å². The van der Waals surface area contributed by atoms with Crippen molar-refractivity contribution in [1.29, 1.82) is 0 Å². The lowest BCUT2D eigenvalue weighted by molar-refractivity contribution is -0.136. The van der Waals surface area contributed by atoms with E-state index in [4.69, 9.17) is 26.1 Å². The van der Waals surface area contributed by atoms with Crippen LogP contribution in [-0.2, 0) is 14.3 Å². The number of carbonyl (C=O) groups excluding carboxylic acids is 1. The van der Waals surface area contributed by atoms with Crippen LogP contribution < -0.4 is 5.32 Å². The van der Waals surface area contributed by atoms with E-state index in [1.807, 2.05) is 5.38 Å². The van der Waals surface area contributed by atoms with Crippen LogP contribution in [0.3, 0.4) is 0 Å². The molecule has 0 saturated carbocycles. The lowest BCUT2D eigenvalue weighted by atomic mass is 9.86. The third-order valence-electron chi connectivity index (χ3n) is 6.83. The van der Waals surface area contributed by atoms with Crippen LogP contribution in [0.4, 0.5) is 4.39 Å². The highest BCUT2D eigenvalue weighted by molar-refractivity contribution is 7.11. The van der Waals surface area contributed by atoms with Gasteiger partial charge in [0.2, 0.25) is 0 Å². The fraction of sp³-hybridized carbons (Fsp3) is 0.435. The maximum absolute atomic E-state index is 13.8. The first-order chi connectivity index (χ1) is 17.0. The third-order valence-corrected chi connectivity index (χ3v) is 7.94. The van der Waals surface area contributed by atoms with Crippen molar-refractivity contribution in [3.63, 3.8) is 0 Å². The molecule has 1 aromatic heterocycles. The van der Waals surface area contributed by atoms with Gasteiger partial charge in [0.25, 0.3) is 0 Å². The number of thiazole rings is 1. The normalized spacial score (nSPS) is 26.9. The van der Waals surface area contributed by atoms with Gasteiger partial charge in [0.05, 0.1) is 25.9 Å². The third kappa shape index (κ3) is 4.16. The molecule has 5 heterocycles. The molecule has 2 bridgehead atoms. The van der Waals surface area contributed by atoms with Crippen LogP contribution in [0.15, 0.2) is 56.3 Å². The standard InChI is InChI=1S/C23H22ClFN6O3S/c1-33-22(32)18-17(9-31-13-7-23(29-30-23)8-14(31)11-34-10-13)27-20(21-26-4-5-35-21)28-19(18)15-3-2-12(25)6-16(15)24/h2-6,13-14,19H,7-11H2,1H3,(H,27,28)/t13-,14+,19-/m0/s1. The van der Waals surface area contributed by atoms with E-state index in [0.29, 0.717) is 47.4 Å². The minimum atomic E-state index is -0.786. The van der Waals surface area contributed by atoms with E-state index in [-0.39, 0.29) is 22.8 Å². The molecule has 1 N–H and O–H groups in total. The van der Waals surface area contributed by atoms with Crippen molar-refractivity contribution in [2.45, 2.75) is 36.6 Å². The van der Waals surface area contributed by atoms with E-state index in [9.17, 15) is 9.18 Å². The van der Waals surface area contributed by atoms with Gasteiger partial charge in [0.15, 0.2) is 16.5 Å². The van der Waals surface area contributed by atoms with Crippen molar-refractivity contribution in [2.24, 2.45) is 15.2 Å². The lowest BCUT2D eigenvalue weighted by Crippen LogP contribution is -2.60. The van der Waals surface area contributed by atoms with Crippen LogP contribution in [0.2, 0.25) is 5.02 Å². The molecular formula is C23H22ClFN6O3S. The Bertz CT molecular complexity index is 1240. The first kappa shape index (κ1) is 22.7. The largest absolute Gasteiger partial charge is 0.466 e. The number of piperidine rings is 1. The van der Waals surface area contributed by atoms with Crippen LogP contribution in [0, 0.1) is 5.82 Å². The number of morpholine rings is 1. The van der Waals surface area contributed by atoms with Crippen molar-refractivity contribution in [2.75, 3.05) is 26.9 Å². The minimum Gasteiger partial charge on any atom is -0.466 e. The molecule has 2 saturated heterocycles. The highest BCUT2D eigenvalue weighted by Crippen LogP contribution is 2.46. The van der Waals surface area contributed by atoms with E-state index < -0.39 is 17.8 Å². The number of carbonyl (C=O) groups is 1. The molecule has 9 nitrogen and oxygen atoms in total. The summed E-state index contributed by atoms with van der Waals surface area (Å²) in [5.74, 6) is -0.469. The summed E-state index contributed by atoms with van der Waals surface area (Å²) in [6.45, 7) is 1.59. The highest BCUT2D eigenvalue weighted by Gasteiger charge is 2.53. The van der Waals surface area contributed by atoms with Gasteiger partial charge in [-0.1, -0.05) is 17.7 Å². The SMILES string of the molecule is COC(=O)C1=C(CN2[C@@H]3COC[C@H]2CC2(C3)N=N2)NC(c2nccs2)=N[C@H]1c1ccc(F)cc1Cl. The average molecular weight is 517 g/mol. The number of nitrogens with one attached hydrogen (secondary N) is 1. The zero-order chi connectivity index (χ0) is 24.2. The van der Waals surface area contributed by atoms with Gasteiger partial charge in [-0.05, 0) is 12.1 Å². The second-order valence-corrected chi connectivity index (χ2v) is 10.3.